The first-order chi connectivity index (χ1) is 9.46. The zero-order valence-electron chi connectivity index (χ0n) is 11.4. The smallest absolute Gasteiger partial charge is 0.244 e. The van der Waals surface area contributed by atoms with E-state index >= 15 is 0 Å². The first-order valence-corrected chi connectivity index (χ1v) is 8.68. The molecule has 0 spiro atoms. The molecule has 7 nitrogen and oxygen atoms in total. The molecule has 114 valence electrons. The quantitative estimate of drug-likeness (QED) is 0.579. The molecule has 2 amide bonds. The van der Waals surface area contributed by atoms with E-state index in [1.165, 1.54) is 0 Å². The highest BCUT2D eigenvalue weighted by Crippen LogP contribution is 2.12. The minimum absolute atomic E-state index is 0.00237. The Kier molecular flexibility index (Phi) is 5.11. The van der Waals surface area contributed by atoms with Gasteiger partial charge in [0.05, 0.1) is 5.75 Å². The van der Waals surface area contributed by atoms with Crippen molar-refractivity contribution in [1.82, 2.24) is 15.4 Å². The van der Waals surface area contributed by atoms with Gasteiger partial charge in [-0.05, 0) is 32.2 Å². The molecule has 2 aliphatic heterocycles. The van der Waals surface area contributed by atoms with Crippen LogP contribution in [0.15, 0.2) is 0 Å². The van der Waals surface area contributed by atoms with Crippen molar-refractivity contribution in [3.05, 3.63) is 0 Å². The fraction of sp³-hybridized carbons (Fsp3) is 0.833. The van der Waals surface area contributed by atoms with Gasteiger partial charge in [-0.3, -0.25) is 14.9 Å². The lowest BCUT2D eigenvalue weighted by Crippen LogP contribution is -2.52. The van der Waals surface area contributed by atoms with Gasteiger partial charge in [-0.25, -0.2) is 13.1 Å². The van der Waals surface area contributed by atoms with E-state index in [0.29, 0.717) is 6.42 Å². The van der Waals surface area contributed by atoms with Crippen LogP contribution in [0.5, 0.6) is 0 Å². The van der Waals surface area contributed by atoms with E-state index < -0.39 is 22.0 Å². The van der Waals surface area contributed by atoms with Crippen LogP contribution in [0.25, 0.3) is 0 Å². The van der Waals surface area contributed by atoms with E-state index in [1.807, 2.05) is 0 Å². The second kappa shape index (κ2) is 6.64. The molecule has 2 fully saturated rings. The van der Waals surface area contributed by atoms with Crippen molar-refractivity contribution >= 4 is 21.8 Å². The van der Waals surface area contributed by atoms with Gasteiger partial charge in [-0.15, -0.1) is 0 Å². The van der Waals surface area contributed by atoms with E-state index in [0.717, 1.165) is 25.8 Å². The lowest BCUT2D eigenvalue weighted by Gasteiger charge is -2.24. The van der Waals surface area contributed by atoms with Crippen molar-refractivity contribution < 1.29 is 18.0 Å². The second-order valence-corrected chi connectivity index (χ2v) is 7.25. The number of hydrogen-bond acceptors (Lipinski definition) is 5. The third-order valence-electron chi connectivity index (χ3n) is 3.71. The number of amides is 2. The Morgan fingerprint density at radius 2 is 2.00 bits per heavy atom. The summed E-state index contributed by atoms with van der Waals surface area (Å²) in [5, 5.41) is 5.43. The van der Waals surface area contributed by atoms with Crippen LogP contribution >= 0.6 is 0 Å². The molecule has 0 aromatic heterocycles. The maximum Gasteiger partial charge on any atom is 0.244 e. The highest BCUT2D eigenvalue weighted by Gasteiger charge is 2.30. The summed E-state index contributed by atoms with van der Waals surface area (Å²) >= 11 is 0. The Hall–Kier alpha value is -0.990. The molecular weight excluding hydrogens is 282 g/mol. The van der Waals surface area contributed by atoms with Crippen LogP contribution in [-0.2, 0) is 19.6 Å². The number of carbonyl (C=O) groups is 2. The molecule has 2 atom stereocenters. The summed E-state index contributed by atoms with van der Waals surface area (Å²) < 4.78 is 26.3. The third-order valence-corrected chi connectivity index (χ3v) is 5.13. The lowest BCUT2D eigenvalue weighted by atomic mass is 10.0. The fourth-order valence-corrected chi connectivity index (χ4v) is 3.92. The van der Waals surface area contributed by atoms with Crippen molar-refractivity contribution in [2.24, 2.45) is 0 Å². The summed E-state index contributed by atoms with van der Waals surface area (Å²) in [6, 6.07) is -0.584. The molecule has 2 aliphatic rings. The number of sulfonamides is 1. The number of nitrogens with one attached hydrogen (secondary N) is 3. The maximum absolute atomic E-state index is 12.0. The minimum atomic E-state index is -3.49. The molecule has 0 saturated carbocycles. The SMILES string of the molecule is O=C1CCC(NS(=O)(=O)CCC2CCCCN2)C(=O)N1. The summed E-state index contributed by atoms with van der Waals surface area (Å²) in [4.78, 5) is 22.5. The van der Waals surface area contributed by atoms with E-state index in [4.69, 9.17) is 0 Å². The predicted molar refractivity (Wildman–Crippen MR) is 73.4 cm³/mol. The van der Waals surface area contributed by atoms with Crippen LogP contribution < -0.4 is 15.4 Å². The van der Waals surface area contributed by atoms with Crippen LogP contribution in [0, 0.1) is 0 Å². The molecule has 3 N–H and O–H groups in total. The van der Waals surface area contributed by atoms with Gasteiger partial charge in [0.15, 0.2) is 0 Å². The van der Waals surface area contributed by atoms with Crippen molar-refractivity contribution in [3.8, 4) is 0 Å². The second-order valence-electron chi connectivity index (χ2n) is 5.38. The largest absolute Gasteiger partial charge is 0.314 e. The fourth-order valence-electron chi connectivity index (χ4n) is 2.55. The van der Waals surface area contributed by atoms with E-state index in [1.54, 1.807) is 0 Å². The van der Waals surface area contributed by atoms with Gasteiger partial charge in [0.1, 0.15) is 6.04 Å². The van der Waals surface area contributed by atoms with Crippen LogP contribution in [-0.4, -0.2) is 44.6 Å². The van der Waals surface area contributed by atoms with Gasteiger partial charge in [-0.2, -0.15) is 0 Å². The molecule has 0 aromatic rings. The van der Waals surface area contributed by atoms with Crippen LogP contribution in [0.2, 0.25) is 0 Å². The summed E-state index contributed by atoms with van der Waals surface area (Å²) in [6.45, 7) is 0.936. The van der Waals surface area contributed by atoms with Gasteiger partial charge in [0, 0.05) is 12.5 Å². The third kappa shape index (κ3) is 4.53. The number of imide groups is 1. The number of rotatable bonds is 5. The molecule has 0 aromatic carbocycles. The Balaban J connectivity index is 1.81. The average Bonchev–Trinajstić information content (AvgIpc) is 2.41. The zero-order valence-corrected chi connectivity index (χ0v) is 12.2. The van der Waals surface area contributed by atoms with Crippen molar-refractivity contribution in [2.75, 3.05) is 12.3 Å². The molecular formula is C12H21N3O4S. The summed E-state index contributed by atoms with van der Waals surface area (Å²) in [6.07, 6.45) is 4.20. The summed E-state index contributed by atoms with van der Waals surface area (Å²) in [5.74, 6) is -0.903. The van der Waals surface area contributed by atoms with E-state index in [2.05, 4.69) is 15.4 Å². The lowest BCUT2D eigenvalue weighted by molar-refractivity contribution is -0.134. The maximum atomic E-state index is 12.0. The Labute approximate surface area is 118 Å². The molecule has 2 rings (SSSR count). The summed E-state index contributed by atoms with van der Waals surface area (Å²) in [7, 11) is -3.49. The predicted octanol–water partition coefficient (Wildman–Crippen LogP) is -0.757. The van der Waals surface area contributed by atoms with Gasteiger partial charge < -0.3 is 5.32 Å². The molecule has 2 saturated heterocycles. The standard InChI is InChI=1S/C12H21N3O4S/c16-11-5-4-10(12(17)14-11)15-20(18,19)8-6-9-3-1-2-7-13-9/h9-10,13,15H,1-8H2,(H,14,16,17). The molecule has 2 heterocycles. The summed E-state index contributed by atoms with van der Waals surface area (Å²) in [5.41, 5.74) is 0. The van der Waals surface area contributed by atoms with Gasteiger partial charge >= 0.3 is 0 Å². The van der Waals surface area contributed by atoms with E-state index in [-0.39, 0.29) is 30.5 Å². The normalized spacial score (nSPS) is 28.2. The number of hydrogen-bond donors (Lipinski definition) is 3. The van der Waals surface area contributed by atoms with Crippen molar-refractivity contribution in [3.63, 3.8) is 0 Å². The first-order valence-electron chi connectivity index (χ1n) is 7.03. The van der Waals surface area contributed by atoms with Gasteiger partial charge in [0.2, 0.25) is 21.8 Å². The first kappa shape index (κ1) is 15.4. The van der Waals surface area contributed by atoms with Crippen LogP contribution in [0.4, 0.5) is 0 Å². The molecule has 20 heavy (non-hydrogen) atoms. The van der Waals surface area contributed by atoms with Crippen LogP contribution in [0.1, 0.15) is 38.5 Å². The molecule has 8 heteroatoms. The zero-order chi connectivity index (χ0) is 14.6. The van der Waals surface area contributed by atoms with Crippen LogP contribution in [0.3, 0.4) is 0 Å². The highest BCUT2D eigenvalue weighted by atomic mass is 32.2. The van der Waals surface area contributed by atoms with Crippen molar-refractivity contribution in [2.45, 2.75) is 50.6 Å². The Morgan fingerprint density at radius 1 is 1.20 bits per heavy atom. The number of piperidine rings is 2. The average molecular weight is 303 g/mol. The van der Waals surface area contributed by atoms with E-state index in [9.17, 15) is 18.0 Å². The minimum Gasteiger partial charge on any atom is -0.314 e. The van der Waals surface area contributed by atoms with Gasteiger partial charge in [0.25, 0.3) is 0 Å². The highest BCUT2D eigenvalue weighted by molar-refractivity contribution is 7.89. The van der Waals surface area contributed by atoms with Gasteiger partial charge in [-0.1, -0.05) is 6.42 Å². The number of carbonyl (C=O) groups excluding carboxylic acids is 2. The topological polar surface area (TPSA) is 104 Å². The van der Waals surface area contributed by atoms with Crippen molar-refractivity contribution in [1.29, 1.82) is 0 Å². The molecule has 2 unspecified atom stereocenters. The molecule has 0 radical (unpaired) electrons. The monoisotopic (exact) mass is 303 g/mol. The Bertz CT molecular complexity index is 471. The molecule has 0 bridgehead atoms. The molecule has 0 aliphatic carbocycles. The Morgan fingerprint density at radius 3 is 2.65 bits per heavy atom.